The number of anilines is 1. The number of halogens is 5. The number of fused-ring (bicyclic) bond motifs is 1. The molecule has 0 atom stereocenters. The quantitative estimate of drug-likeness (QED) is 0.343. The molecule has 4 rings (SSSR count). The topological polar surface area (TPSA) is 64.4 Å². The molecule has 4 aromatic rings. The van der Waals surface area contributed by atoms with Crippen molar-refractivity contribution in [3.8, 4) is 17.2 Å². The number of aromatic nitrogens is 1. The van der Waals surface area contributed by atoms with Crippen molar-refractivity contribution in [3.05, 3.63) is 77.1 Å². The number of rotatable bonds is 4. The van der Waals surface area contributed by atoms with E-state index in [-0.39, 0.29) is 28.2 Å². The average Bonchev–Trinajstić information content (AvgIpc) is 3.16. The summed E-state index contributed by atoms with van der Waals surface area (Å²) >= 11 is 0. The molecular weight excluding hydrogens is 423 g/mol. The molecule has 0 fully saturated rings. The summed E-state index contributed by atoms with van der Waals surface area (Å²) in [6, 6.07) is 9.75. The number of carbonyl (C=O) groups is 1. The number of methoxy groups -OCH3 is 1. The monoisotopic (exact) mass is 434 g/mol. The van der Waals surface area contributed by atoms with E-state index in [1.807, 2.05) is 0 Å². The predicted molar refractivity (Wildman–Crippen MR) is 100 cm³/mol. The van der Waals surface area contributed by atoms with E-state index < -0.39 is 46.3 Å². The van der Waals surface area contributed by atoms with Gasteiger partial charge in [0, 0.05) is 5.69 Å². The summed E-state index contributed by atoms with van der Waals surface area (Å²) in [5.74, 6) is -10.8. The molecule has 3 aromatic carbocycles. The Kier molecular flexibility index (Phi) is 5.05. The molecule has 0 aliphatic heterocycles. The molecule has 0 bridgehead atoms. The number of hydrogen-bond acceptors (Lipinski definition) is 4. The van der Waals surface area contributed by atoms with Crippen molar-refractivity contribution in [1.29, 1.82) is 0 Å². The second kappa shape index (κ2) is 7.71. The number of amides is 1. The van der Waals surface area contributed by atoms with E-state index in [1.54, 1.807) is 6.07 Å². The van der Waals surface area contributed by atoms with E-state index in [0.29, 0.717) is 0 Å². The Labute approximate surface area is 171 Å². The van der Waals surface area contributed by atoms with E-state index in [0.717, 1.165) is 7.11 Å². The van der Waals surface area contributed by atoms with Gasteiger partial charge in [0.25, 0.3) is 5.91 Å². The van der Waals surface area contributed by atoms with Gasteiger partial charge in [-0.15, -0.1) is 0 Å². The lowest BCUT2D eigenvalue weighted by Crippen LogP contribution is -2.18. The summed E-state index contributed by atoms with van der Waals surface area (Å²) in [5.41, 5.74) is -0.902. The lowest BCUT2D eigenvalue weighted by Gasteiger charge is -2.11. The zero-order chi connectivity index (χ0) is 22.3. The van der Waals surface area contributed by atoms with Gasteiger partial charge < -0.3 is 14.5 Å². The number of nitrogens with one attached hydrogen (secondary N) is 1. The van der Waals surface area contributed by atoms with Crippen molar-refractivity contribution in [2.75, 3.05) is 12.4 Å². The van der Waals surface area contributed by atoms with Gasteiger partial charge in [0.2, 0.25) is 17.5 Å². The Morgan fingerprint density at radius 2 is 1.65 bits per heavy atom. The van der Waals surface area contributed by atoms with E-state index in [1.165, 1.54) is 36.4 Å². The van der Waals surface area contributed by atoms with Gasteiger partial charge in [-0.1, -0.05) is 12.1 Å². The molecule has 0 unspecified atom stereocenters. The molecule has 0 spiro atoms. The molecule has 31 heavy (non-hydrogen) atoms. The second-order valence-electron chi connectivity index (χ2n) is 6.30. The molecular formula is C21H11F5N2O3. The van der Waals surface area contributed by atoms with Gasteiger partial charge in [0.05, 0.1) is 12.7 Å². The van der Waals surface area contributed by atoms with Crippen LogP contribution in [0.1, 0.15) is 10.4 Å². The van der Waals surface area contributed by atoms with Crippen LogP contribution in [0, 0.1) is 29.1 Å². The largest absolute Gasteiger partial charge is 0.491 e. The molecule has 5 nitrogen and oxygen atoms in total. The van der Waals surface area contributed by atoms with Crippen LogP contribution < -0.4 is 10.1 Å². The first-order valence-electron chi connectivity index (χ1n) is 8.68. The van der Waals surface area contributed by atoms with Crippen LogP contribution in [0.25, 0.3) is 22.6 Å². The fraction of sp³-hybridized carbons (Fsp3) is 0.0476. The highest BCUT2D eigenvalue weighted by molar-refractivity contribution is 6.05. The molecule has 0 aliphatic carbocycles. The molecule has 0 aliphatic rings. The molecule has 1 N–H and O–H groups in total. The Morgan fingerprint density at radius 1 is 0.968 bits per heavy atom. The Bertz CT molecular complexity index is 1310. The maximum atomic E-state index is 14.1. The van der Waals surface area contributed by atoms with Crippen molar-refractivity contribution in [3.63, 3.8) is 0 Å². The minimum Gasteiger partial charge on any atom is -0.491 e. The van der Waals surface area contributed by atoms with Gasteiger partial charge in [-0.05, 0) is 30.3 Å². The average molecular weight is 434 g/mol. The maximum Gasteiger partial charge on any atom is 0.261 e. The van der Waals surface area contributed by atoms with Crippen LogP contribution in [0.5, 0.6) is 5.75 Å². The van der Waals surface area contributed by atoms with Crippen LogP contribution in [-0.4, -0.2) is 18.0 Å². The molecule has 0 radical (unpaired) electrons. The van der Waals surface area contributed by atoms with Crippen molar-refractivity contribution in [2.24, 2.45) is 0 Å². The van der Waals surface area contributed by atoms with Gasteiger partial charge in [-0.3, -0.25) is 4.79 Å². The molecule has 0 saturated carbocycles. The summed E-state index contributed by atoms with van der Waals surface area (Å²) in [4.78, 5) is 16.4. The predicted octanol–water partition coefficient (Wildman–Crippen LogP) is 5.45. The zero-order valence-corrected chi connectivity index (χ0v) is 15.6. The van der Waals surface area contributed by atoms with E-state index >= 15 is 0 Å². The number of carbonyl (C=O) groups excluding carboxylic acids is 1. The van der Waals surface area contributed by atoms with E-state index in [9.17, 15) is 26.7 Å². The molecule has 1 heterocycles. The van der Waals surface area contributed by atoms with Gasteiger partial charge in [0.15, 0.2) is 23.0 Å². The minimum absolute atomic E-state index is 0.00122. The molecule has 0 saturated heterocycles. The van der Waals surface area contributed by atoms with Crippen LogP contribution in [0.2, 0.25) is 0 Å². The van der Waals surface area contributed by atoms with Crippen LogP contribution >= 0.6 is 0 Å². The third-order valence-corrected chi connectivity index (χ3v) is 4.40. The maximum absolute atomic E-state index is 14.1. The van der Waals surface area contributed by atoms with Crippen molar-refractivity contribution >= 4 is 22.7 Å². The third kappa shape index (κ3) is 3.45. The normalized spacial score (nSPS) is 11.0. The van der Waals surface area contributed by atoms with Gasteiger partial charge in [-0.2, -0.15) is 8.78 Å². The lowest BCUT2D eigenvalue weighted by molar-refractivity contribution is 0.101. The summed E-state index contributed by atoms with van der Waals surface area (Å²) in [6.45, 7) is 0. The lowest BCUT2D eigenvalue weighted by atomic mass is 10.1. The number of ether oxygens (including phenoxy) is 1. The molecule has 1 aromatic heterocycles. The highest BCUT2D eigenvalue weighted by atomic mass is 19.2. The summed E-state index contributed by atoms with van der Waals surface area (Å²) in [6.07, 6.45) is 0. The SMILES string of the molecule is COc1c(F)c(F)c(C(=O)Nc2ccc3oc(-c4ccccc4F)nc3c2)c(F)c1F. The Balaban J connectivity index is 1.68. The highest BCUT2D eigenvalue weighted by Gasteiger charge is 2.30. The van der Waals surface area contributed by atoms with Gasteiger partial charge >= 0.3 is 0 Å². The standard InChI is InChI=1S/C21H11F5N2O3/c1-30-19-17(25)15(23)14(16(24)18(19)26)20(29)27-9-6-7-13-12(8-9)28-21(31-13)10-4-2-3-5-11(10)22/h2-8H,1H3,(H,27,29). The third-order valence-electron chi connectivity index (χ3n) is 4.40. The van der Waals surface area contributed by atoms with Crippen molar-refractivity contribution < 1.29 is 35.9 Å². The van der Waals surface area contributed by atoms with Crippen molar-refractivity contribution in [1.82, 2.24) is 4.98 Å². The minimum atomic E-state index is -1.90. The van der Waals surface area contributed by atoms with Gasteiger partial charge in [-0.25, -0.2) is 18.2 Å². The molecule has 10 heteroatoms. The number of oxazole rings is 1. The van der Waals surface area contributed by atoms with Crippen LogP contribution in [-0.2, 0) is 0 Å². The first kappa shape index (κ1) is 20.3. The summed E-state index contributed by atoms with van der Waals surface area (Å²) in [5, 5.41) is 2.14. The smallest absolute Gasteiger partial charge is 0.261 e. The second-order valence-corrected chi connectivity index (χ2v) is 6.30. The number of hydrogen-bond donors (Lipinski definition) is 1. The Hall–Kier alpha value is -3.95. The number of benzene rings is 3. The summed E-state index contributed by atoms with van der Waals surface area (Å²) < 4.78 is 79.7. The fourth-order valence-electron chi connectivity index (χ4n) is 2.94. The first-order valence-corrected chi connectivity index (χ1v) is 8.68. The molecule has 158 valence electrons. The van der Waals surface area contributed by atoms with Crippen LogP contribution in [0.3, 0.4) is 0 Å². The van der Waals surface area contributed by atoms with E-state index in [2.05, 4.69) is 15.0 Å². The van der Waals surface area contributed by atoms with Crippen LogP contribution in [0.15, 0.2) is 46.9 Å². The van der Waals surface area contributed by atoms with Crippen LogP contribution in [0.4, 0.5) is 27.6 Å². The van der Waals surface area contributed by atoms with E-state index in [4.69, 9.17) is 4.42 Å². The zero-order valence-electron chi connectivity index (χ0n) is 15.6. The Morgan fingerprint density at radius 3 is 2.29 bits per heavy atom. The van der Waals surface area contributed by atoms with Crippen molar-refractivity contribution in [2.45, 2.75) is 0 Å². The number of nitrogens with zero attached hydrogens (tertiary/aromatic N) is 1. The fourth-order valence-corrected chi connectivity index (χ4v) is 2.94. The highest BCUT2D eigenvalue weighted by Crippen LogP contribution is 2.31. The first-order chi connectivity index (χ1) is 14.8. The summed E-state index contributed by atoms with van der Waals surface area (Å²) in [7, 11) is 0.822. The van der Waals surface area contributed by atoms with Gasteiger partial charge in [0.1, 0.15) is 16.9 Å². The molecule has 1 amide bonds.